The van der Waals surface area contributed by atoms with Crippen molar-refractivity contribution in [3.63, 3.8) is 0 Å². The second kappa shape index (κ2) is 4.57. The van der Waals surface area contributed by atoms with Gasteiger partial charge in [0.2, 0.25) is 0 Å². The number of hydrogen-bond acceptors (Lipinski definition) is 2. The van der Waals surface area contributed by atoms with Gasteiger partial charge in [0.25, 0.3) is 0 Å². The molecule has 1 fully saturated rings. The molecule has 102 valence electrons. The summed E-state index contributed by atoms with van der Waals surface area (Å²) in [4.78, 5) is 0. The van der Waals surface area contributed by atoms with Gasteiger partial charge in [-0.25, -0.2) is 0 Å². The van der Waals surface area contributed by atoms with Gasteiger partial charge in [-0.1, -0.05) is 12.8 Å². The number of nitrogens with two attached hydrogens (primary N) is 1. The molecule has 3 heteroatoms. The molecule has 1 heterocycles. The fourth-order valence-electron chi connectivity index (χ4n) is 3.51. The van der Waals surface area contributed by atoms with Gasteiger partial charge in [0.1, 0.15) is 5.75 Å². The lowest BCUT2D eigenvalue weighted by Gasteiger charge is -2.29. The van der Waals surface area contributed by atoms with E-state index >= 15 is 0 Å². The van der Waals surface area contributed by atoms with Gasteiger partial charge >= 0.3 is 0 Å². The Kier molecular flexibility index (Phi) is 3.02. The summed E-state index contributed by atoms with van der Waals surface area (Å²) in [5.41, 5.74) is 8.79. The molecule has 1 aliphatic carbocycles. The molecule has 1 aliphatic rings. The first-order valence-corrected chi connectivity index (χ1v) is 7.04. The highest BCUT2D eigenvalue weighted by molar-refractivity contribution is 5.83. The van der Waals surface area contributed by atoms with Gasteiger partial charge in [0.15, 0.2) is 0 Å². The quantitative estimate of drug-likeness (QED) is 0.919. The molecule has 1 aromatic heterocycles. The zero-order valence-electron chi connectivity index (χ0n) is 11.8. The maximum Gasteiger partial charge on any atom is 0.123 e. The second-order valence-electron chi connectivity index (χ2n) is 5.73. The van der Waals surface area contributed by atoms with E-state index in [1.807, 2.05) is 0 Å². The zero-order chi connectivity index (χ0) is 13.5. The van der Waals surface area contributed by atoms with Crippen LogP contribution in [0.1, 0.15) is 31.2 Å². The predicted octanol–water partition coefficient (Wildman–Crippen LogP) is 2.96. The smallest absolute Gasteiger partial charge is 0.123 e. The van der Waals surface area contributed by atoms with Crippen LogP contribution in [0.5, 0.6) is 5.75 Å². The van der Waals surface area contributed by atoms with E-state index in [9.17, 15) is 0 Å². The Morgan fingerprint density at radius 3 is 2.68 bits per heavy atom. The number of rotatable bonds is 3. The number of benzene rings is 1. The number of methoxy groups -OCH3 is 1. The molecule has 0 unspecified atom stereocenters. The molecule has 2 N–H and O–H groups in total. The summed E-state index contributed by atoms with van der Waals surface area (Å²) in [6.07, 6.45) is 6.99. The molecule has 1 saturated carbocycles. The first-order chi connectivity index (χ1) is 9.20. The molecular weight excluding hydrogens is 236 g/mol. The number of nitrogens with zero attached hydrogens (tertiary/aromatic N) is 1. The highest BCUT2D eigenvalue weighted by Gasteiger charge is 2.36. The molecule has 3 rings (SSSR count). The van der Waals surface area contributed by atoms with Crippen molar-refractivity contribution >= 4 is 10.9 Å². The van der Waals surface area contributed by atoms with Gasteiger partial charge in [0, 0.05) is 41.7 Å². The predicted molar refractivity (Wildman–Crippen MR) is 78.7 cm³/mol. The van der Waals surface area contributed by atoms with Crippen LogP contribution in [-0.2, 0) is 12.5 Å². The third kappa shape index (κ3) is 1.84. The van der Waals surface area contributed by atoms with Gasteiger partial charge < -0.3 is 15.0 Å². The van der Waals surface area contributed by atoms with Crippen molar-refractivity contribution in [3.05, 3.63) is 30.0 Å². The van der Waals surface area contributed by atoms with E-state index < -0.39 is 0 Å². The van der Waals surface area contributed by atoms with E-state index in [-0.39, 0.29) is 5.41 Å². The molecule has 0 radical (unpaired) electrons. The minimum Gasteiger partial charge on any atom is -0.496 e. The number of aromatic nitrogens is 1. The SMILES string of the molecule is COc1cc2ccn(C)c2cc1C1(CN)CCCC1. The van der Waals surface area contributed by atoms with Crippen molar-refractivity contribution in [1.82, 2.24) is 4.57 Å². The molecule has 0 saturated heterocycles. The van der Waals surface area contributed by atoms with Crippen molar-refractivity contribution in [3.8, 4) is 5.75 Å². The molecule has 0 bridgehead atoms. The van der Waals surface area contributed by atoms with Crippen LogP contribution in [0, 0.1) is 0 Å². The molecule has 0 spiro atoms. The van der Waals surface area contributed by atoms with Crippen molar-refractivity contribution in [2.24, 2.45) is 12.8 Å². The maximum absolute atomic E-state index is 6.12. The minimum absolute atomic E-state index is 0.115. The Balaban J connectivity index is 2.22. The first kappa shape index (κ1) is 12.5. The summed E-state index contributed by atoms with van der Waals surface area (Å²) in [7, 11) is 3.84. The number of hydrogen-bond donors (Lipinski definition) is 1. The maximum atomic E-state index is 6.12. The summed E-state index contributed by atoms with van der Waals surface area (Å²) in [6, 6.07) is 6.57. The van der Waals surface area contributed by atoms with E-state index in [0.717, 1.165) is 5.75 Å². The third-order valence-electron chi connectivity index (χ3n) is 4.73. The highest BCUT2D eigenvalue weighted by Crippen LogP contribution is 2.45. The van der Waals surface area contributed by atoms with Crippen LogP contribution in [0.15, 0.2) is 24.4 Å². The summed E-state index contributed by atoms with van der Waals surface area (Å²) >= 11 is 0. The molecule has 19 heavy (non-hydrogen) atoms. The van der Waals surface area contributed by atoms with Crippen LogP contribution >= 0.6 is 0 Å². The number of aryl methyl sites for hydroxylation is 1. The van der Waals surface area contributed by atoms with Gasteiger partial charge in [-0.3, -0.25) is 0 Å². The van der Waals surface area contributed by atoms with E-state index in [4.69, 9.17) is 10.5 Å². The average Bonchev–Trinajstić information content (AvgIpc) is 3.05. The summed E-state index contributed by atoms with van der Waals surface area (Å²) in [6.45, 7) is 0.708. The molecule has 0 atom stereocenters. The van der Waals surface area contributed by atoms with Crippen molar-refractivity contribution in [2.75, 3.05) is 13.7 Å². The second-order valence-corrected chi connectivity index (χ2v) is 5.73. The minimum atomic E-state index is 0.115. The van der Waals surface area contributed by atoms with Crippen molar-refractivity contribution < 1.29 is 4.74 Å². The van der Waals surface area contributed by atoms with Crippen LogP contribution in [0.4, 0.5) is 0 Å². The van der Waals surface area contributed by atoms with Gasteiger partial charge in [-0.2, -0.15) is 0 Å². The van der Waals surface area contributed by atoms with Crippen LogP contribution < -0.4 is 10.5 Å². The van der Waals surface area contributed by atoms with Crippen molar-refractivity contribution in [1.29, 1.82) is 0 Å². The molecule has 0 amide bonds. The van der Waals surface area contributed by atoms with Gasteiger partial charge in [0.05, 0.1) is 7.11 Å². The lowest BCUT2D eigenvalue weighted by atomic mass is 9.78. The van der Waals surface area contributed by atoms with E-state index in [2.05, 4.69) is 36.0 Å². The summed E-state index contributed by atoms with van der Waals surface area (Å²) < 4.78 is 7.80. The van der Waals surface area contributed by atoms with Crippen molar-refractivity contribution in [2.45, 2.75) is 31.1 Å². The van der Waals surface area contributed by atoms with Gasteiger partial charge in [-0.05, 0) is 31.0 Å². The fourth-order valence-corrected chi connectivity index (χ4v) is 3.51. The Bertz CT molecular complexity index is 594. The monoisotopic (exact) mass is 258 g/mol. The van der Waals surface area contributed by atoms with E-state index in [0.29, 0.717) is 6.54 Å². The lowest BCUT2D eigenvalue weighted by molar-refractivity contribution is 0.378. The first-order valence-electron chi connectivity index (χ1n) is 7.04. The normalized spacial score (nSPS) is 18.1. The summed E-state index contributed by atoms with van der Waals surface area (Å²) in [5.74, 6) is 0.992. The molecule has 3 nitrogen and oxygen atoms in total. The highest BCUT2D eigenvalue weighted by atomic mass is 16.5. The number of fused-ring (bicyclic) bond motifs is 1. The lowest BCUT2D eigenvalue weighted by Crippen LogP contribution is -2.32. The Morgan fingerprint density at radius 2 is 2.05 bits per heavy atom. The van der Waals surface area contributed by atoms with E-state index in [1.165, 1.54) is 42.1 Å². The van der Waals surface area contributed by atoms with Crippen LogP contribution in [0.25, 0.3) is 10.9 Å². The number of ether oxygens (including phenoxy) is 1. The average molecular weight is 258 g/mol. The molecule has 2 aromatic rings. The van der Waals surface area contributed by atoms with Gasteiger partial charge in [-0.15, -0.1) is 0 Å². The van der Waals surface area contributed by atoms with E-state index in [1.54, 1.807) is 7.11 Å². The Morgan fingerprint density at radius 1 is 1.32 bits per heavy atom. The molecule has 1 aromatic carbocycles. The Hall–Kier alpha value is -1.48. The largest absolute Gasteiger partial charge is 0.496 e. The zero-order valence-corrected chi connectivity index (χ0v) is 11.8. The molecule has 0 aliphatic heterocycles. The van der Waals surface area contributed by atoms with Crippen LogP contribution in [0.2, 0.25) is 0 Å². The fraction of sp³-hybridized carbons (Fsp3) is 0.500. The topological polar surface area (TPSA) is 40.2 Å². The van der Waals surface area contributed by atoms with Crippen LogP contribution in [0.3, 0.4) is 0 Å². The van der Waals surface area contributed by atoms with Crippen LogP contribution in [-0.4, -0.2) is 18.2 Å². The molecular formula is C16H22N2O. The Labute approximate surface area is 114 Å². The standard InChI is InChI=1S/C16H22N2O/c1-18-8-5-12-9-15(19-2)13(10-14(12)18)16(11-17)6-3-4-7-16/h5,8-10H,3-4,6-7,11,17H2,1-2H3. The third-order valence-corrected chi connectivity index (χ3v) is 4.73. The summed E-state index contributed by atoms with van der Waals surface area (Å²) in [5, 5.41) is 1.23.